The number of aromatic nitrogens is 2. The first-order chi connectivity index (χ1) is 18.6. The molecule has 4 aromatic carbocycles. The summed E-state index contributed by atoms with van der Waals surface area (Å²) in [6.45, 7) is 14.1. The third kappa shape index (κ3) is 3.00. The van der Waals surface area contributed by atoms with E-state index in [1.165, 1.54) is 50.1 Å². The standard InChI is InChI=1S/C35H32N4/c1-18-9-28-29(10-19(18)2)37-27-14-24-23(13-22(27)17-36-28)34(5)7-8-35(24,6)26-16-33-32(15-25(26)34)38-30-11-20(3)21(4)12-31(30)39-33/h9-16H,7-8,17H2,1-6H3. The number of aryl methyl sites for hydroxylation is 4. The van der Waals surface area contributed by atoms with E-state index in [1.807, 2.05) is 0 Å². The Morgan fingerprint density at radius 3 is 1.59 bits per heavy atom. The van der Waals surface area contributed by atoms with E-state index in [2.05, 4.69) is 90.1 Å². The second-order valence-electron chi connectivity index (χ2n) is 12.6. The molecule has 1 aromatic heterocycles. The fraction of sp³-hybridized carbons (Fsp3) is 0.314. The Morgan fingerprint density at radius 2 is 1.00 bits per heavy atom. The lowest BCUT2D eigenvalue weighted by Gasteiger charge is -2.53. The predicted molar refractivity (Wildman–Crippen MR) is 157 cm³/mol. The van der Waals surface area contributed by atoms with E-state index in [4.69, 9.17) is 20.0 Å². The van der Waals surface area contributed by atoms with Gasteiger partial charge >= 0.3 is 0 Å². The largest absolute Gasteiger partial charge is 0.278 e. The summed E-state index contributed by atoms with van der Waals surface area (Å²) in [6, 6.07) is 18.2. The zero-order chi connectivity index (χ0) is 26.8. The monoisotopic (exact) mass is 508 g/mol. The van der Waals surface area contributed by atoms with Crippen LogP contribution in [-0.2, 0) is 17.4 Å². The summed E-state index contributed by atoms with van der Waals surface area (Å²) in [5.74, 6) is 0. The molecule has 0 saturated heterocycles. The zero-order valence-electron chi connectivity index (χ0n) is 23.5. The molecule has 9 rings (SSSR count). The van der Waals surface area contributed by atoms with Crippen LogP contribution in [0.4, 0.5) is 5.69 Å². The fourth-order valence-corrected chi connectivity index (χ4v) is 7.30. The van der Waals surface area contributed by atoms with Gasteiger partial charge < -0.3 is 0 Å². The molecule has 2 unspecified atom stereocenters. The van der Waals surface area contributed by atoms with E-state index in [-0.39, 0.29) is 10.8 Å². The van der Waals surface area contributed by atoms with Crippen molar-refractivity contribution in [3.05, 3.63) is 109 Å². The van der Waals surface area contributed by atoms with Crippen molar-refractivity contribution in [2.75, 3.05) is 0 Å². The molecule has 2 heterocycles. The first-order valence-corrected chi connectivity index (χ1v) is 14.1. The summed E-state index contributed by atoms with van der Waals surface area (Å²) < 4.78 is 0. The van der Waals surface area contributed by atoms with Crippen molar-refractivity contribution in [3.63, 3.8) is 0 Å². The number of fused-ring (bicyclic) bond motifs is 5. The highest BCUT2D eigenvalue weighted by molar-refractivity contribution is 5.89. The Hall–Kier alpha value is -3.92. The average Bonchev–Trinajstić information content (AvgIpc) is 3.07. The van der Waals surface area contributed by atoms with Crippen molar-refractivity contribution < 1.29 is 0 Å². The lowest BCUT2D eigenvalue weighted by molar-refractivity contribution is 0.327. The normalized spacial score (nSPS) is 22.4. The molecule has 0 N–H and O–H groups in total. The molecule has 0 saturated carbocycles. The van der Waals surface area contributed by atoms with E-state index in [0.717, 1.165) is 51.3 Å². The number of rotatable bonds is 0. The Morgan fingerprint density at radius 1 is 0.538 bits per heavy atom. The molecule has 2 atom stereocenters. The lowest BCUT2D eigenvalue weighted by Crippen LogP contribution is -2.46. The summed E-state index contributed by atoms with van der Waals surface area (Å²) >= 11 is 0. The van der Waals surface area contributed by atoms with Gasteiger partial charge in [0.05, 0.1) is 45.0 Å². The molecule has 0 amide bonds. The van der Waals surface area contributed by atoms with Gasteiger partial charge in [0, 0.05) is 10.8 Å². The molecule has 2 bridgehead atoms. The highest BCUT2D eigenvalue weighted by Crippen LogP contribution is 2.60. The molecule has 0 fully saturated rings. The Labute approximate surface area is 228 Å². The smallest absolute Gasteiger partial charge is 0.0897 e. The molecule has 192 valence electrons. The third-order valence-electron chi connectivity index (χ3n) is 10.2. The molecule has 0 spiro atoms. The van der Waals surface area contributed by atoms with E-state index >= 15 is 0 Å². The number of hydrogen-bond acceptors (Lipinski definition) is 4. The Kier molecular flexibility index (Phi) is 4.35. The predicted octanol–water partition coefficient (Wildman–Crippen LogP) is 6.82. The van der Waals surface area contributed by atoms with Gasteiger partial charge in [-0.15, -0.1) is 0 Å². The minimum Gasteiger partial charge on any atom is -0.278 e. The molecule has 39 heavy (non-hydrogen) atoms. The van der Waals surface area contributed by atoms with Gasteiger partial charge in [0.15, 0.2) is 0 Å². The molecule has 4 nitrogen and oxygen atoms in total. The van der Waals surface area contributed by atoms with Crippen molar-refractivity contribution in [1.29, 1.82) is 0 Å². The maximum Gasteiger partial charge on any atom is 0.0897 e. The number of hydrogen-bond donors (Lipinski definition) is 0. The van der Waals surface area contributed by atoms with Crippen LogP contribution >= 0.6 is 0 Å². The number of nitrogens with zero attached hydrogens (tertiary/aromatic N) is 4. The summed E-state index contributed by atoms with van der Waals surface area (Å²) in [4.78, 5) is 20.4. The van der Waals surface area contributed by atoms with Gasteiger partial charge in [0.25, 0.3) is 0 Å². The molecule has 0 radical (unpaired) electrons. The van der Waals surface area contributed by atoms with Crippen LogP contribution in [0.2, 0.25) is 0 Å². The van der Waals surface area contributed by atoms with Crippen LogP contribution in [0.15, 0.2) is 58.5 Å². The van der Waals surface area contributed by atoms with Crippen molar-refractivity contribution >= 4 is 27.8 Å². The first kappa shape index (κ1) is 23.0. The minimum atomic E-state index is -0.0868. The lowest BCUT2D eigenvalue weighted by atomic mass is 9.50. The summed E-state index contributed by atoms with van der Waals surface area (Å²) in [5.41, 5.74) is 16.7. The van der Waals surface area contributed by atoms with Crippen molar-refractivity contribution in [1.82, 2.24) is 9.97 Å². The highest BCUT2D eigenvalue weighted by atomic mass is 14.8. The maximum atomic E-state index is 5.19. The van der Waals surface area contributed by atoms with Crippen molar-refractivity contribution in [2.24, 2.45) is 9.98 Å². The van der Waals surface area contributed by atoms with Crippen LogP contribution in [-0.4, -0.2) is 9.97 Å². The van der Waals surface area contributed by atoms with Gasteiger partial charge in [0.1, 0.15) is 0 Å². The van der Waals surface area contributed by atoms with Crippen molar-refractivity contribution in [3.8, 4) is 0 Å². The minimum absolute atomic E-state index is 0.0716. The van der Waals surface area contributed by atoms with Gasteiger partial charge in [-0.1, -0.05) is 19.9 Å². The summed E-state index contributed by atoms with van der Waals surface area (Å²) in [6.07, 6.45) is 2.24. The zero-order valence-corrected chi connectivity index (χ0v) is 23.5. The molecular formula is C35H32N4. The van der Waals surface area contributed by atoms with E-state index in [9.17, 15) is 0 Å². The van der Waals surface area contributed by atoms with Gasteiger partial charge in [0.2, 0.25) is 0 Å². The van der Waals surface area contributed by atoms with Gasteiger partial charge in [-0.2, -0.15) is 0 Å². The van der Waals surface area contributed by atoms with Gasteiger partial charge in [-0.05, 0) is 133 Å². The maximum absolute atomic E-state index is 5.19. The second-order valence-corrected chi connectivity index (χ2v) is 12.6. The van der Waals surface area contributed by atoms with Crippen molar-refractivity contribution in [2.45, 2.75) is 71.8 Å². The molecule has 4 heteroatoms. The fourth-order valence-electron chi connectivity index (χ4n) is 7.30. The van der Waals surface area contributed by atoms with E-state index in [0.29, 0.717) is 6.54 Å². The third-order valence-corrected chi connectivity index (χ3v) is 10.2. The first-order valence-electron chi connectivity index (χ1n) is 14.1. The van der Waals surface area contributed by atoms with Crippen LogP contribution in [0.3, 0.4) is 0 Å². The van der Waals surface area contributed by atoms with E-state index < -0.39 is 0 Å². The van der Waals surface area contributed by atoms with Crippen LogP contribution in [0.25, 0.3) is 22.1 Å². The number of benzene rings is 4. The SMILES string of the molecule is Cc1cc2c(cc1C)=Nc1cc3c(cc1CN=2)C1(C)CCC3(C)c2cc3nc4cc(C)c(C)cc4nc3cc21. The van der Waals surface area contributed by atoms with E-state index in [1.54, 1.807) is 0 Å². The molecule has 3 aliphatic carbocycles. The van der Waals surface area contributed by atoms with Gasteiger partial charge in [-0.25, -0.2) is 15.0 Å². The molecule has 5 aromatic rings. The second kappa shape index (κ2) is 7.38. The Bertz CT molecular complexity index is 2070. The summed E-state index contributed by atoms with van der Waals surface area (Å²) in [7, 11) is 0. The van der Waals surface area contributed by atoms with Crippen LogP contribution < -0.4 is 10.7 Å². The van der Waals surface area contributed by atoms with Crippen LogP contribution in [0, 0.1) is 27.7 Å². The highest BCUT2D eigenvalue weighted by Gasteiger charge is 2.52. The quantitative estimate of drug-likeness (QED) is 0.216. The molecule has 1 aliphatic heterocycles. The van der Waals surface area contributed by atoms with Crippen LogP contribution in [0.1, 0.15) is 76.8 Å². The topological polar surface area (TPSA) is 50.5 Å². The van der Waals surface area contributed by atoms with Crippen LogP contribution in [0.5, 0.6) is 0 Å². The van der Waals surface area contributed by atoms with Gasteiger partial charge in [-0.3, -0.25) is 4.99 Å². The Balaban J connectivity index is 1.38. The summed E-state index contributed by atoms with van der Waals surface area (Å²) in [5, 5.41) is 1.98. The molecular weight excluding hydrogens is 476 g/mol. The average molecular weight is 509 g/mol. The molecule has 4 aliphatic rings.